The Morgan fingerprint density at radius 1 is 0.609 bits per heavy atom. The van der Waals surface area contributed by atoms with Gasteiger partial charge in [0.2, 0.25) is 0 Å². The van der Waals surface area contributed by atoms with Crippen LogP contribution in [0.1, 0.15) is 26.3 Å². The summed E-state index contributed by atoms with van der Waals surface area (Å²) < 4.78 is 2.04. The van der Waals surface area contributed by atoms with Crippen LogP contribution in [0.3, 0.4) is 0 Å². The number of fused-ring (bicyclic) bond motifs is 4. The highest BCUT2D eigenvalue weighted by Crippen LogP contribution is 2.43. The van der Waals surface area contributed by atoms with E-state index >= 15 is 0 Å². The van der Waals surface area contributed by atoms with E-state index < -0.39 is 0 Å². The maximum absolute atomic E-state index is 14.4. The monoisotopic (exact) mass is 590 g/mol. The number of rotatable bonds is 4. The zero-order valence-corrected chi connectivity index (χ0v) is 24.3. The number of benzene rings is 6. The van der Waals surface area contributed by atoms with Crippen molar-refractivity contribution in [2.75, 3.05) is 4.90 Å². The topological polar surface area (TPSA) is 70.5 Å². The number of carbonyl (C=O) groups is 2. The van der Waals surface area contributed by atoms with Crippen molar-refractivity contribution >= 4 is 45.0 Å². The van der Waals surface area contributed by atoms with Gasteiger partial charge in [-0.15, -0.1) is 0 Å². The summed E-state index contributed by atoms with van der Waals surface area (Å²) in [6.45, 7) is 7.58. The molecule has 2 heterocycles. The Kier molecular flexibility index (Phi) is 6.10. The first-order valence-electron chi connectivity index (χ1n) is 14.7. The van der Waals surface area contributed by atoms with Gasteiger partial charge in [0.25, 0.3) is 11.8 Å². The molecule has 0 N–H and O–H groups in total. The quantitative estimate of drug-likeness (QED) is 0.151. The number of aromatic nitrogens is 1. The largest absolute Gasteiger partial charge is 0.308 e. The summed E-state index contributed by atoms with van der Waals surface area (Å²) in [5, 5.41) is 11.5. The van der Waals surface area contributed by atoms with Crippen molar-refractivity contribution in [1.82, 2.24) is 4.57 Å². The van der Waals surface area contributed by atoms with Crippen LogP contribution in [0, 0.1) is 17.9 Å². The normalized spacial score (nSPS) is 12.3. The molecule has 0 saturated heterocycles. The van der Waals surface area contributed by atoms with Crippen LogP contribution < -0.4 is 4.90 Å². The first-order chi connectivity index (χ1) is 22.6. The van der Waals surface area contributed by atoms with Crippen LogP contribution in [0.4, 0.5) is 11.4 Å². The minimum absolute atomic E-state index is 0.338. The van der Waals surface area contributed by atoms with Gasteiger partial charge in [-0.3, -0.25) is 9.59 Å². The second-order valence-electron chi connectivity index (χ2n) is 11.1. The molecule has 46 heavy (non-hydrogen) atoms. The highest BCUT2D eigenvalue weighted by Gasteiger charge is 2.40. The lowest BCUT2D eigenvalue weighted by atomic mass is 9.97. The number of para-hydroxylation sites is 2. The SMILES string of the molecule is [C-]#[N+]c1cc(C#N)cc(-c2cccc3c2c2ccccc2n3-c2cccc3c2C(=O)N(c2ccccc2-c2ccccc2)C3=O)c1. The van der Waals surface area contributed by atoms with Gasteiger partial charge < -0.3 is 4.57 Å². The Morgan fingerprint density at radius 2 is 1.28 bits per heavy atom. The van der Waals surface area contributed by atoms with Crippen molar-refractivity contribution < 1.29 is 9.59 Å². The van der Waals surface area contributed by atoms with E-state index in [9.17, 15) is 14.9 Å². The fourth-order valence-electron chi connectivity index (χ4n) is 6.62. The minimum atomic E-state index is -0.385. The second kappa shape index (κ2) is 10.4. The van der Waals surface area contributed by atoms with Crippen molar-refractivity contribution in [3.63, 3.8) is 0 Å². The Bertz CT molecular complexity index is 2460. The smallest absolute Gasteiger partial charge is 0.268 e. The van der Waals surface area contributed by atoms with Gasteiger partial charge in [-0.25, -0.2) is 9.74 Å². The molecule has 0 atom stereocenters. The first kappa shape index (κ1) is 26.8. The van der Waals surface area contributed by atoms with E-state index in [-0.39, 0.29) is 11.8 Å². The van der Waals surface area contributed by atoms with E-state index in [2.05, 4.69) is 10.9 Å². The summed E-state index contributed by atoms with van der Waals surface area (Å²) in [5.74, 6) is -0.754. The number of amides is 2. The highest BCUT2D eigenvalue weighted by atomic mass is 16.2. The molecule has 0 spiro atoms. The number of nitrogens with zero attached hydrogens (tertiary/aromatic N) is 4. The molecular formula is C40H22N4O2. The van der Waals surface area contributed by atoms with Gasteiger partial charge in [0, 0.05) is 21.9 Å². The van der Waals surface area contributed by atoms with Crippen molar-refractivity contribution in [3.8, 4) is 34.0 Å². The van der Waals surface area contributed by atoms with E-state index in [1.807, 2.05) is 114 Å². The molecule has 0 radical (unpaired) electrons. The zero-order chi connectivity index (χ0) is 31.4. The summed E-state index contributed by atoms with van der Waals surface area (Å²) in [5.41, 5.74) is 7.63. The molecule has 1 aliphatic rings. The lowest BCUT2D eigenvalue weighted by Gasteiger charge is -2.18. The summed E-state index contributed by atoms with van der Waals surface area (Å²) >= 11 is 0. The van der Waals surface area contributed by atoms with Crippen LogP contribution in [0.5, 0.6) is 0 Å². The molecular weight excluding hydrogens is 568 g/mol. The predicted octanol–water partition coefficient (Wildman–Crippen LogP) is 9.34. The molecule has 2 amide bonds. The molecule has 214 valence electrons. The highest BCUT2D eigenvalue weighted by molar-refractivity contribution is 6.36. The number of carbonyl (C=O) groups excluding carboxylic acids is 2. The van der Waals surface area contributed by atoms with Crippen molar-refractivity contribution in [2.24, 2.45) is 0 Å². The molecule has 1 aromatic heterocycles. The summed E-state index contributed by atoms with van der Waals surface area (Å²) in [4.78, 5) is 33.4. The molecule has 6 heteroatoms. The minimum Gasteiger partial charge on any atom is -0.308 e. The number of hydrogen-bond acceptors (Lipinski definition) is 3. The number of hydrogen-bond donors (Lipinski definition) is 0. The fourth-order valence-corrected chi connectivity index (χ4v) is 6.62. The molecule has 6 nitrogen and oxygen atoms in total. The van der Waals surface area contributed by atoms with E-state index in [0.717, 1.165) is 44.1 Å². The molecule has 0 saturated carbocycles. The average Bonchev–Trinajstić information content (AvgIpc) is 3.59. The lowest BCUT2D eigenvalue weighted by molar-refractivity contribution is 0.0926. The lowest BCUT2D eigenvalue weighted by Crippen LogP contribution is -2.30. The second-order valence-corrected chi connectivity index (χ2v) is 11.1. The van der Waals surface area contributed by atoms with Gasteiger partial charge in [0.05, 0.1) is 46.2 Å². The maximum atomic E-state index is 14.4. The van der Waals surface area contributed by atoms with Gasteiger partial charge in [-0.1, -0.05) is 84.9 Å². The van der Waals surface area contributed by atoms with Gasteiger partial charge in [0.1, 0.15) is 0 Å². The Balaban J connectivity index is 1.36. The molecule has 6 aromatic carbocycles. The van der Waals surface area contributed by atoms with E-state index in [4.69, 9.17) is 6.57 Å². The van der Waals surface area contributed by atoms with E-state index in [0.29, 0.717) is 33.8 Å². The molecule has 0 bridgehead atoms. The van der Waals surface area contributed by atoms with E-state index in [1.165, 1.54) is 4.90 Å². The van der Waals surface area contributed by atoms with Crippen LogP contribution in [0.25, 0.3) is 54.6 Å². The molecule has 0 fully saturated rings. The summed E-state index contributed by atoms with van der Waals surface area (Å²) in [6.07, 6.45) is 0. The number of imide groups is 1. The fraction of sp³-hybridized carbons (Fsp3) is 0. The van der Waals surface area contributed by atoms with Gasteiger partial charge >= 0.3 is 0 Å². The van der Waals surface area contributed by atoms with Crippen molar-refractivity contribution in [2.45, 2.75) is 0 Å². The van der Waals surface area contributed by atoms with Crippen LogP contribution in [0.2, 0.25) is 0 Å². The van der Waals surface area contributed by atoms with Gasteiger partial charge in [0.15, 0.2) is 5.69 Å². The molecule has 1 aliphatic heterocycles. The predicted molar refractivity (Wildman–Crippen MR) is 180 cm³/mol. The third kappa shape index (κ3) is 3.95. The number of nitriles is 1. The Hall–Kier alpha value is -6.76. The Morgan fingerprint density at radius 3 is 2.11 bits per heavy atom. The average molecular weight is 591 g/mol. The van der Waals surface area contributed by atoms with Crippen molar-refractivity contribution in [3.05, 3.63) is 162 Å². The van der Waals surface area contributed by atoms with Gasteiger partial charge in [-0.05, 0) is 65.2 Å². The maximum Gasteiger partial charge on any atom is 0.268 e. The van der Waals surface area contributed by atoms with Crippen LogP contribution in [-0.4, -0.2) is 16.4 Å². The molecule has 0 aliphatic carbocycles. The van der Waals surface area contributed by atoms with E-state index in [1.54, 1.807) is 24.3 Å². The Labute approximate surface area is 264 Å². The van der Waals surface area contributed by atoms with Gasteiger partial charge in [-0.2, -0.15) is 5.26 Å². The van der Waals surface area contributed by atoms with Crippen LogP contribution in [0.15, 0.2) is 133 Å². The number of anilines is 1. The third-order valence-electron chi connectivity index (χ3n) is 8.55. The molecule has 7 aromatic rings. The third-order valence-corrected chi connectivity index (χ3v) is 8.55. The summed E-state index contributed by atoms with van der Waals surface area (Å²) in [6, 6.07) is 43.8. The zero-order valence-electron chi connectivity index (χ0n) is 24.3. The first-order valence-corrected chi connectivity index (χ1v) is 14.7. The molecule has 8 rings (SSSR count). The summed E-state index contributed by atoms with van der Waals surface area (Å²) in [7, 11) is 0. The molecule has 0 unspecified atom stereocenters. The van der Waals surface area contributed by atoms with Crippen molar-refractivity contribution in [1.29, 1.82) is 5.26 Å². The van der Waals surface area contributed by atoms with Crippen LogP contribution in [-0.2, 0) is 0 Å². The van der Waals surface area contributed by atoms with Crippen LogP contribution >= 0.6 is 0 Å². The standard InChI is InChI=1S/C40H22N4O2/c1-42-28-22-25(24-41)21-27(23-28)30-15-9-19-35-37(30)31-14-6-8-18-34(31)43(35)36-20-10-16-32-38(36)40(46)44(39(32)45)33-17-7-5-13-29(33)26-11-3-2-4-12-26/h2-23H.